The van der Waals surface area contributed by atoms with E-state index in [-0.39, 0.29) is 11.2 Å². The van der Waals surface area contributed by atoms with E-state index in [0.717, 1.165) is 0 Å². The Morgan fingerprint density at radius 1 is 1.47 bits per heavy atom. The molecule has 1 saturated carbocycles. The van der Waals surface area contributed by atoms with E-state index in [1.807, 2.05) is 6.08 Å². The Balaban J connectivity index is 2.84. The van der Waals surface area contributed by atoms with Crippen molar-refractivity contribution in [2.45, 2.75) is 40.5 Å². The van der Waals surface area contributed by atoms with Gasteiger partial charge in [0.25, 0.3) is 0 Å². The molecule has 0 aromatic heterocycles. The Labute approximate surface area is 91.7 Å². The van der Waals surface area contributed by atoms with Crippen LogP contribution in [0.25, 0.3) is 0 Å². The molecule has 0 N–H and O–H groups in total. The summed E-state index contributed by atoms with van der Waals surface area (Å²) in [4.78, 5) is 22.4. The normalized spacial score (nSPS) is 30.8. The lowest BCUT2D eigenvalue weighted by Gasteiger charge is -2.40. The van der Waals surface area contributed by atoms with Crippen molar-refractivity contribution >= 4 is 11.6 Å². The highest BCUT2D eigenvalue weighted by Gasteiger charge is 2.38. The van der Waals surface area contributed by atoms with Crippen LogP contribution in [0.5, 0.6) is 0 Å². The third-order valence-electron chi connectivity index (χ3n) is 3.26. The fraction of sp³-hybridized carbons (Fsp3) is 0.692. The van der Waals surface area contributed by atoms with E-state index in [0.29, 0.717) is 30.5 Å². The lowest BCUT2D eigenvalue weighted by Crippen LogP contribution is -2.36. The molecule has 1 fully saturated rings. The maximum Gasteiger partial charge on any atom is 0.152 e. The molecule has 2 unspecified atom stereocenters. The van der Waals surface area contributed by atoms with Crippen LogP contribution < -0.4 is 0 Å². The standard InChI is InChI=1S/C13H20O2/c1-9-7-11(15)8-13(3,4)12(9)6-5-10(2)14/h5-6,9,12H,7-8H2,1-4H3/b6-5+. The topological polar surface area (TPSA) is 34.1 Å². The van der Waals surface area contributed by atoms with Gasteiger partial charge in [-0.1, -0.05) is 26.8 Å². The number of Topliss-reactive ketones (excluding diaryl/α,β-unsaturated/α-hetero) is 1. The van der Waals surface area contributed by atoms with Gasteiger partial charge in [0.2, 0.25) is 0 Å². The van der Waals surface area contributed by atoms with Crippen LogP contribution in [0.4, 0.5) is 0 Å². The van der Waals surface area contributed by atoms with Crippen LogP contribution in [0.3, 0.4) is 0 Å². The van der Waals surface area contributed by atoms with Crippen molar-refractivity contribution in [2.24, 2.45) is 17.3 Å². The Morgan fingerprint density at radius 2 is 2.07 bits per heavy atom. The van der Waals surface area contributed by atoms with Gasteiger partial charge in [-0.05, 0) is 30.3 Å². The summed E-state index contributed by atoms with van der Waals surface area (Å²) in [5.41, 5.74) is -0.0132. The number of rotatable bonds is 2. The van der Waals surface area contributed by atoms with Crippen LogP contribution in [0.2, 0.25) is 0 Å². The van der Waals surface area contributed by atoms with Gasteiger partial charge >= 0.3 is 0 Å². The summed E-state index contributed by atoms with van der Waals surface area (Å²) in [5.74, 6) is 1.10. The smallest absolute Gasteiger partial charge is 0.152 e. The molecule has 1 aliphatic carbocycles. The van der Waals surface area contributed by atoms with Crippen LogP contribution in [0.15, 0.2) is 12.2 Å². The first kappa shape index (κ1) is 12.2. The summed E-state index contributed by atoms with van der Waals surface area (Å²) in [7, 11) is 0. The largest absolute Gasteiger partial charge is 0.300 e. The molecule has 0 heterocycles. The zero-order chi connectivity index (χ0) is 11.6. The molecule has 0 amide bonds. The van der Waals surface area contributed by atoms with Gasteiger partial charge in [0.1, 0.15) is 5.78 Å². The third-order valence-corrected chi connectivity index (χ3v) is 3.26. The number of ketones is 2. The van der Waals surface area contributed by atoms with Gasteiger partial charge in [-0.15, -0.1) is 0 Å². The monoisotopic (exact) mass is 208 g/mol. The molecule has 1 rings (SSSR count). The van der Waals surface area contributed by atoms with E-state index in [1.54, 1.807) is 13.0 Å². The second-order valence-corrected chi connectivity index (χ2v) is 5.38. The van der Waals surface area contributed by atoms with Gasteiger partial charge in [-0.25, -0.2) is 0 Å². The molecule has 1 aliphatic rings. The first-order valence-corrected chi connectivity index (χ1v) is 5.53. The first-order chi connectivity index (χ1) is 6.83. The Bertz CT molecular complexity index is 300. The van der Waals surface area contributed by atoms with Gasteiger partial charge < -0.3 is 0 Å². The van der Waals surface area contributed by atoms with Crippen molar-refractivity contribution in [1.29, 1.82) is 0 Å². The van der Waals surface area contributed by atoms with Crippen LogP contribution in [-0.4, -0.2) is 11.6 Å². The summed E-state index contributed by atoms with van der Waals surface area (Å²) in [6, 6.07) is 0. The first-order valence-electron chi connectivity index (χ1n) is 5.53. The molecule has 0 spiro atoms. The minimum atomic E-state index is -0.0132. The van der Waals surface area contributed by atoms with E-state index in [9.17, 15) is 9.59 Å². The number of carbonyl (C=O) groups excluding carboxylic acids is 2. The van der Waals surface area contributed by atoms with Crippen LogP contribution in [0, 0.1) is 17.3 Å². The van der Waals surface area contributed by atoms with Crippen molar-refractivity contribution in [3.8, 4) is 0 Å². The summed E-state index contributed by atoms with van der Waals surface area (Å²) >= 11 is 0. The van der Waals surface area contributed by atoms with Crippen LogP contribution in [-0.2, 0) is 9.59 Å². The lowest BCUT2D eigenvalue weighted by molar-refractivity contribution is -0.126. The summed E-state index contributed by atoms with van der Waals surface area (Å²) < 4.78 is 0. The van der Waals surface area contributed by atoms with Gasteiger partial charge in [0.05, 0.1) is 0 Å². The second-order valence-electron chi connectivity index (χ2n) is 5.38. The number of hydrogen-bond acceptors (Lipinski definition) is 2. The molecule has 0 aliphatic heterocycles. The highest BCUT2D eigenvalue weighted by molar-refractivity contribution is 5.87. The fourth-order valence-electron chi connectivity index (χ4n) is 2.64. The Kier molecular flexibility index (Phi) is 3.48. The molecular weight excluding hydrogens is 188 g/mol. The van der Waals surface area contributed by atoms with E-state index >= 15 is 0 Å². The minimum absolute atomic E-state index is 0.0132. The van der Waals surface area contributed by atoms with E-state index < -0.39 is 0 Å². The van der Waals surface area contributed by atoms with Crippen molar-refractivity contribution in [1.82, 2.24) is 0 Å². The van der Waals surface area contributed by atoms with Gasteiger partial charge in [0.15, 0.2) is 5.78 Å². The molecular formula is C13H20O2. The second kappa shape index (κ2) is 4.30. The molecule has 2 atom stereocenters. The van der Waals surface area contributed by atoms with Crippen molar-refractivity contribution in [2.75, 3.05) is 0 Å². The van der Waals surface area contributed by atoms with Gasteiger partial charge in [-0.2, -0.15) is 0 Å². The van der Waals surface area contributed by atoms with E-state index in [1.165, 1.54) is 0 Å². The fourth-order valence-corrected chi connectivity index (χ4v) is 2.64. The Hall–Kier alpha value is -0.920. The number of allylic oxidation sites excluding steroid dienone is 2. The molecule has 0 aromatic carbocycles. The summed E-state index contributed by atoms with van der Waals surface area (Å²) in [6.07, 6.45) is 4.90. The number of hydrogen-bond donors (Lipinski definition) is 0. The highest BCUT2D eigenvalue weighted by Crippen LogP contribution is 2.43. The number of carbonyl (C=O) groups is 2. The van der Waals surface area contributed by atoms with Crippen molar-refractivity contribution < 1.29 is 9.59 Å². The zero-order valence-corrected chi connectivity index (χ0v) is 10.0. The molecule has 2 nitrogen and oxygen atoms in total. The predicted molar refractivity (Wildman–Crippen MR) is 60.5 cm³/mol. The SMILES string of the molecule is CC(=O)/C=C/C1C(C)CC(=O)CC1(C)C. The maximum atomic E-state index is 11.5. The quantitative estimate of drug-likeness (QED) is 0.654. The highest BCUT2D eigenvalue weighted by atomic mass is 16.1. The molecule has 0 bridgehead atoms. The van der Waals surface area contributed by atoms with Crippen molar-refractivity contribution in [3.05, 3.63) is 12.2 Å². The maximum absolute atomic E-state index is 11.5. The van der Waals surface area contributed by atoms with E-state index in [4.69, 9.17) is 0 Å². The van der Waals surface area contributed by atoms with Crippen molar-refractivity contribution in [3.63, 3.8) is 0 Å². The summed E-state index contributed by atoms with van der Waals surface area (Å²) in [5, 5.41) is 0. The summed E-state index contributed by atoms with van der Waals surface area (Å²) in [6.45, 7) is 7.86. The predicted octanol–water partition coefficient (Wildman–Crippen LogP) is 2.77. The van der Waals surface area contributed by atoms with Crippen LogP contribution in [0.1, 0.15) is 40.5 Å². The Morgan fingerprint density at radius 3 is 2.53 bits per heavy atom. The van der Waals surface area contributed by atoms with E-state index in [2.05, 4.69) is 20.8 Å². The zero-order valence-electron chi connectivity index (χ0n) is 10.0. The lowest BCUT2D eigenvalue weighted by atomic mass is 9.63. The molecule has 0 radical (unpaired) electrons. The molecule has 0 aromatic rings. The van der Waals surface area contributed by atoms with Gasteiger partial charge in [0, 0.05) is 12.8 Å². The average Bonchev–Trinajstić information content (AvgIpc) is 1.98. The third kappa shape index (κ3) is 3.01. The molecule has 15 heavy (non-hydrogen) atoms. The molecule has 84 valence electrons. The van der Waals surface area contributed by atoms with Gasteiger partial charge in [-0.3, -0.25) is 9.59 Å². The minimum Gasteiger partial charge on any atom is -0.300 e. The average molecular weight is 208 g/mol. The molecule has 2 heteroatoms. The molecule has 0 saturated heterocycles. The van der Waals surface area contributed by atoms with Crippen LogP contribution >= 0.6 is 0 Å².